The summed E-state index contributed by atoms with van der Waals surface area (Å²) in [7, 11) is -3.80. The fourth-order valence-corrected chi connectivity index (χ4v) is 4.59. The van der Waals surface area contributed by atoms with Gasteiger partial charge in [0.25, 0.3) is 15.9 Å². The molecular weight excluding hydrogens is 378 g/mol. The van der Waals surface area contributed by atoms with Crippen LogP contribution in [0, 0.1) is 5.92 Å². The van der Waals surface area contributed by atoms with Gasteiger partial charge in [-0.25, -0.2) is 13.1 Å². The van der Waals surface area contributed by atoms with Crippen molar-refractivity contribution in [2.75, 3.05) is 24.5 Å². The van der Waals surface area contributed by atoms with Gasteiger partial charge in [-0.1, -0.05) is 18.2 Å². The standard InChI is InChI=1S/C20H27N3O4S/c1-20(2,3)22-28(25,26)18-10-9-17(27-18)19(24)21-13-15-11-12-23(14-15)16-7-5-4-6-8-16/h4-10,15,22H,11-14H2,1-3H3,(H,21,24). The third-order valence-electron chi connectivity index (χ3n) is 4.47. The van der Waals surface area contributed by atoms with Gasteiger partial charge in [0, 0.05) is 30.9 Å². The molecule has 1 aliphatic heterocycles. The van der Waals surface area contributed by atoms with Crippen molar-refractivity contribution in [3.05, 3.63) is 48.2 Å². The Hall–Kier alpha value is -2.32. The highest BCUT2D eigenvalue weighted by Crippen LogP contribution is 2.23. The zero-order chi connectivity index (χ0) is 20.4. The van der Waals surface area contributed by atoms with E-state index in [4.69, 9.17) is 4.42 Å². The molecule has 2 heterocycles. The van der Waals surface area contributed by atoms with Gasteiger partial charge in [-0.15, -0.1) is 0 Å². The normalized spacial score (nSPS) is 17.7. The lowest BCUT2D eigenvalue weighted by molar-refractivity contribution is 0.0915. The predicted octanol–water partition coefficient (Wildman–Crippen LogP) is 2.61. The van der Waals surface area contributed by atoms with Gasteiger partial charge in [0.2, 0.25) is 5.09 Å². The molecule has 0 spiro atoms. The summed E-state index contributed by atoms with van der Waals surface area (Å²) in [5.41, 5.74) is 0.546. The molecule has 7 nitrogen and oxygen atoms in total. The first kappa shape index (κ1) is 20.4. The third-order valence-corrected chi connectivity index (χ3v) is 6.10. The zero-order valence-corrected chi connectivity index (χ0v) is 17.3. The molecule has 2 aromatic rings. The first-order valence-electron chi connectivity index (χ1n) is 9.36. The maximum Gasteiger partial charge on any atom is 0.287 e. The molecule has 28 heavy (non-hydrogen) atoms. The number of amides is 1. The Labute approximate surface area is 166 Å². The molecule has 2 N–H and O–H groups in total. The lowest BCUT2D eigenvalue weighted by Crippen LogP contribution is -2.40. The third kappa shape index (κ3) is 5.14. The summed E-state index contributed by atoms with van der Waals surface area (Å²) in [6, 6.07) is 12.9. The molecule has 0 radical (unpaired) electrons. The molecule has 0 aliphatic carbocycles. The van der Waals surface area contributed by atoms with Gasteiger partial charge in [-0.3, -0.25) is 4.79 Å². The number of hydrogen-bond donors (Lipinski definition) is 2. The summed E-state index contributed by atoms with van der Waals surface area (Å²) in [5, 5.41) is 2.59. The quantitative estimate of drug-likeness (QED) is 0.771. The number of carbonyl (C=O) groups is 1. The number of nitrogens with one attached hydrogen (secondary N) is 2. The summed E-state index contributed by atoms with van der Waals surface area (Å²) < 4.78 is 32.4. The molecule has 0 bridgehead atoms. The molecule has 1 atom stereocenters. The maximum atomic E-state index is 12.3. The van der Waals surface area contributed by atoms with E-state index < -0.39 is 21.5 Å². The molecule has 1 amide bonds. The second kappa shape index (κ2) is 7.97. The molecule has 0 saturated carbocycles. The second-order valence-corrected chi connectivity index (χ2v) is 9.73. The number of furan rings is 1. The molecule has 1 fully saturated rings. The second-order valence-electron chi connectivity index (χ2n) is 8.12. The highest BCUT2D eigenvalue weighted by Gasteiger charge is 2.27. The molecule has 1 aliphatic rings. The van der Waals surface area contributed by atoms with Crippen LogP contribution in [0.25, 0.3) is 0 Å². The molecule has 8 heteroatoms. The van der Waals surface area contributed by atoms with Gasteiger partial charge < -0.3 is 14.6 Å². The van der Waals surface area contributed by atoms with E-state index >= 15 is 0 Å². The number of anilines is 1. The van der Waals surface area contributed by atoms with Crippen molar-refractivity contribution in [3.63, 3.8) is 0 Å². The van der Waals surface area contributed by atoms with Crippen LogP contribution in [-0.4, -0.2) is 39.5 Å². The molecule has 1 aromatic heterocycles. The Bertz CT molecular complexity index is 916. The van der Waals surface area contributed by atoms with Crippen molar-refractivity contribution < 1.29 is 17.6 Å². The minimum atomic E-state index is -3.80. The number of benzene rings is 1. The van der Waals surface area contributed by atoms with E-state index in [-0.39, 0.29) is 10.9 Å². The van der Waals surface area contributed by atoms with Crippen LogP contribution in [0.15, 0.2) is 52.0 Å². The smallest absolute Gasteiger partial charge is 0.287 e. The molecule has 152 valence electrons. The highest BCUT2D eigenvalue weighted by atomic mass is 32.2. The fourth-order valence-electron chi connectivity index (χ4n) is 3.24. The van der Waals surface area contributed by atoms with Crippen LogP contribution in [0.5, 0.6) is 0 Å². The van der Waals surface area contributed by atoms with E-state index in [1.165, 1.54) is 17.8 Å². The molecule has 1 aromatic carbocycles. The lowest BCUT2D eigenvalue weighted by Gasteiger charge is -2.19. The summed E-state index contributed by atoms with van der Waals surface area (Å²) >= 11 is 0. The van der Waals surface area contributed by atoms with Crippen LogP contribution in [0.3, 0.4) is 0 Å². The number of nitrogens with zero attached hydrogens (tertiary/aromatic N) is 1. The van der Waals surface area contributed by atoms with Crippen LogP contribution in [0.1, 0.15) is 37.7 Å². The van der Waals surface area contributed by atoms with Crippen molar-refractivity contribution in [1.29, 1.82) is 0 Å². The van der Waals surface area contributed by atoms with Gasteiger partial charge in [-0.05, 0) is 57.4 Å². The minimum Gasteiger partial charge on any atom is -0.438 e. The van der Waals surface area contributed by atoms with E-state index in [1.54, 1.807) is 20.8 Å². The van der Waals surface area contributed by atoms with E-state index in [0.29, 0.717) is 12.5 Å². The molecule has 3 rings (SSSR count). The number of carbonyl (C=O) groups excluding carboxylic acids is 1. The van der Waals surface area contributed by atoms with Crippen molar-refractivity contribution in [2.24, 2.45) is 5.92 Å². The van der Waals surface area contributed by atoms with Crippen molar-refractivity contribution in [2.45, 2.75) is 37.8 Å². The van der Waals surface area contributed by atoms with Gasteiger partial charge in [0.15, 0.2) is 5.76 Å². The van der Waals surface area contributed by atoms with Crippen molar-refractivity contribution >= 4 is 21.6 Å². The predicted molar refractivity (Wildman–Crippen MR) is 108 cm³/mol. The number of rotatable bonds is 6. The van der Waals surface area contributed by atoms with E-state index in [1.807, 2.05) is 18.2 Å². The van der Waals surface area contributed by atoms with Crippen LogP contribution in [0.2, 0.25) is 0 Å². The summed E-state index contributed by atoms with van der Waals surface area (Å²) in [6.45, 7) is 7.55. The molecule has 1 unspecified atom stereocenters. The first-order chi connectivity index (χ1) is 13.1. The topological polar surface area (TPSA) is 91.6 Å². The SMILES string of the molecule is CC(C)(C)NS(=O)(=O)c1ccc(C(=O)NCC2CCN(c3ccccc3)C2)o1. The average Bonchev–Trinajstić information content (AvgIpc) is 3.28. The summed E-state index contributed by atoms with van der Waals surface area (Å²) in [6.07, 6.45) is 0.989. The molecular formula is C20H27N3O4S. The largest absolute Gasteiger partial charge is 0.438 e. The minimum absolute atomic E-state index is 0.00723. The Morgan fingerprint density at radius 3 is 2.57 bits per heavy atom. The van der Waals surface area contributed by atoms with Crippen LogP contribution >= 0.6 is 0 Å². The first-order valence-corrected chi connectivity index (χ1v) is 10.8. The average molecular weight is 406 g/mol. The van der Waals surface area contributed by atoms with E-state index in [0.717, 1.165) is 19.5 Å². The Morgan fingerprint density at radius 2 is 1.89 bits per heavy atom. The van der Waals surface area contributed by atoms with Gasteiger partial charge in [0.05, 0.1) is 0 Å². The van der Waals surface area contributed by atoms with Crippen molar-refractivity contribution in [3.8, 4) is 0 Å². The Morgan fingerprint density at radius 1 is 1.18 bits per heavy atom. The van der Waals surface area contributed by atoms with Crippen LogP contribution in [0.4, 0.5) is 5.69 Å². The van der Waals surface area contributed by atoms with E-state index in [9.17, 15) is 13.2 Å². The lowest BCUT2D eigenvalue weighted by atomic mass is 10.1. The fraction of sp³-hybridized carbons (Fsp3) is 0.450. The van der Waals surface area contributed by atoms with Crippen molar-refractivity contribution in [1.82, 2.24) is 10.0 Å². The monoisotopic (exact) mass is 405 g/mol. The van der Waals surface area contributed by atoms with Crippen LogP contribution in [-0.2, 0) is 10.0 Å². The molecule has 1 saturated heterocycles. The van der Waals surface area contributed by atoms with Crippen LogP contribution < -0.4 is 14.9 Å². The number of para-hydroxylation sites is 1. The maximum absolute atomic E-state index is 12.3. The number of hydrogen-bond acceptors (Lipinski definition) is 5. The zero-order valence-electron chi connectivity index (χ0n) is 16.4. The summed E-state index contributed by atoms with van der Waals surface area (Å²) in [5.74, 6) is -0.0764. The van der Waals surface area contributed by atoms with Gasteiger partial charge >= 0.3 is 0 Å². The Balaban J connectivity index is 1.54. The number of sulfonamides is 1. The van der Waals surface area contributed by atoms with Gasteiger partial charge in [0.1, 0.15) is 0 Å². The van der Waals surface area contributed by atoms with Gasteiger partial charge in [-0.2, -0.15) is 0 Å². The summed E-state index contributed by atoms with van der Waals surface area (Å²) in [4.78, 5) is 14.6. The highest BCUT2D eigenvalue weighted by molar-refractivity contribution is 7.89. The van der Waals surface area contributed by atoms with E-state index in [2.05, 4.69) is 27.1 Å². The Kier molecular flexibility index (Phi) is 5.81.